The summed E-state index contributed by atoms with van der Waals surface area (Å²) in [6.45, 7) is 0.624. The van der Waals surface area contributed by atoms with E-state index in [0.717, 1.165) is 25.7 Å². The van der Waals surface area contributed by atoms with Crippen LogP contribution in [0.4, 0.5) is 5.69 Å². The molecule has 2 aliphatic carbocycles. The van der Waals surface area contributed by atoms with Crippen molar-refractivity contribution in [2.75, 3.05) is 12.3 Å². The minimum Gasteiger partial charge on any atom is -0.398 e. The third-order valence-electron chi connectivity index (χ3n) is 3.65. The second-order valence-electron chi connectivity index (χ2n) is 5.43. The maximum atomic E-state index is 12.7. The lowest BCUT2D eigenvalue weighted by molar-refractivity contribution is 0.389. The first-order valence-electron chi connectivity index (χ1n) is 6.55. The molecule has 19 heavy (non-hydrogen) atoms. The summed E-state index contributed by atoms with van der Waals surface area (Å²) in [6.07, 6.45) is 4.16. The highest BCUT2D eigenvalue weighted by Gasteiger charge is 2.41. The van der Waals surface area contributed by atoms with E-state index in [0.29, 0.717) is 17.5 Å². The quantitative estimate of drug-likeness (QED) is 0.850. The highest BCUT2D eigenvalue weighted by Crippen LogP contribution is 2.39. The lowest BCUT2D eigenvalue weighted by Gasteiger charge is -2.22. The molecule has 2 fully saturated rings. The fraction of sp³-hybridized carbons (Fsp3) is 0.538. The molecule has 0 saturated heterocycles. The van der Waals surface area contributed by atoms with E-state index in [-0.39, 0.29) is 16.6 Å². The molecule has 1 aromatic carbocycles. The highest BCUT2D eigenvalue weighted by molar-refractivity contribution is 7.89. The number of sulfonamides is 1. The Labute approximate surface area is 118 Å². The molecule has 0 heterocycles. The van der Waals surface area contributed by atoms with Gasteiger partial charge in [0.1, 0.15) is 4.90 Å². The smallest absolute Gasteiger partial charge is 0.245 e. The van der Waals surface area contributed by atoms with Crippen LogP contribution in [0, 0.1) is 5.92 Å². The van der Waals surface area contributed by atoms with E-state index < -0.39 is 10.0 Å². The number of benzene rings is 1. The highest BCUT2D eigenvalue weighted by atomic mass is 35.5. The normalized spacial score (nSPS) is 19.9. The fourth-order valence-corrected chi connectivity index (χ4v) is 4.36. The molecule has 0 spiro atoms. The van der Waals surface area contributed by atoms with Gasteiger partial charge in [-0.25, -0.2) is 8.42 Å². The Balaban J connectivity index is 1.96. The molecule has 0 aromatic heterocycles. The van der Waals surface area contributed by atoms with Crippen LogP contribution in [-0.4, -0.2) is 25.3 Å². The van der Waals surface area contributed by atoms with E-state index in [1.807, 2.05) is 0 Å². The lowest BCUT2D eigenvalue weighted by atomic mass is 10.3. The van der Waals surface area contributed by atoms with Gasteiger partial charge in [-0.1, -0.05) is 11.6 Å². The number of nitrogens with two attached hydrogens (primary N) is 1. The predicted octanol–water partition coefficient (Wildman–Crippen LogP) is 2.49. The molecular formula is C13H17ClN2O2S. The van der Waals surface area contributed by atoms with Crippen LogP contribution >= 0.6 is 11.6 Å². The van der Waals surface area contributed by atoms with Crippen molar-refractivity contribution in [3.63, 3.8) is 0 Å². The summed E-state index contributed by atoms with van der Waals surface area (Å²) >= 11 is 5.90. The Bertz CT molecular complexity index is 595. The van der Waals surface area contributed by atoms with E-state index in [1.165, 1.54) is 6.07 Å². The van der Waals surface area contributed by atoms with Crippen LogP contribution in [0.3, 0.4) is 0 Å². The van der Waals surface area contributed by atoms with Gasteiger partial charge in [0.25, 0.3) is 0 Å². The third-order valence-corrected chi connectivity index (χ3v) is 5.86. The van der Waals surface area contributed by atoms with Crippen molar-refractivity contribution in [1.29, 1.82) is 0 Å². The molecule has 6 heteroatoms. The van der Waals surface area contributed by atoms with Gasteiger partial charge in [-0.15, -0.1) is 0 Å². The van der Waals surface area contributed by atoms with Gasteiger partial charge in [0.05, 0.1) is 5.69 Å². The second-order valence-corrected chi connectivity index (χ2v) is 7.73. The summed E-state index contributed by atoms with van der Waals surface area (Å²) in [6, 6.07) is 4.77. The Kier molecular flexibility index (Phi) is 3.23. The van der Waals surface area contributed by atoms with Gasteiger partial charge in [0.15, 0.2) is 0 Å². The molecule has 0 bridgehead atoms. The van der Waals surface area contributed by atoms with Crippen molar-refractivity contribution in [3.8, 4) is 0 Å². The van der Waals surface area contributed by atoms with Crippen LogP contribution in [0.2, 0.25) is 5.02 Å². The number of rotatable bonds is 5. The third kappa shape index (κ3) is 2.73. The van der Waals surface area contributed by atoms with Gasteiger partial charge in [0, 0.05) is 17.6 Å². The van der Waals surface area contributed by atoms with Crippen LogP contribution in [-0.2, 0) is 10.0 Å². The molecule has 0 amide bonds. The average Bonchev–Trinajstić information content (AvgIpc) is 3.22. The Morgan fingerprint density at radius 2 is 1.95 bits per heavy atom. The summed E-state index contributed by atoms with van der Waals surface area (Å²) in [5, 5.41) is 0.398. The lowest BCUT2D eigenvalue weighted by Crippen LogP contribution is -2.35. The van der Waals surface area contributed by atoms with Crippen molar-refractivity contribution in [2.45, 2.75) is 36.6 Å². The molecule has 3 rings (SSSR count). The second kappa shape index (κ2) is 4.65. The largest absolute Gasteiger partial charge is 0.398 e. The summed E-state index contributed by atoms with van der Waals surface area (Å²) in [7, 11) is -3.52. The fourth-order valence-electron chi connectivity index (χ4n) is 2.22. The van der Waals surface area contributed by atoms with E-state index >= 15 is 0 Å². The van der Waals surface area contributed by atoms with Gasteiger partial charge in [-0.05, 0) is 49.8 Å². The zero-order chi connectivity index (χ0) is 13.6. The van der Waals surface area contributed by atoms with Gasteiger partial charge >= 0.3 is 0 Å². The Hall–Kier alpha value is -0.780. The summed E-state index contributed by atoms with van der Waals surface area (Å²) in [4.78, 5) is 0.146. The standard InChI is InChI=1S/C13H17ClN2O2S/c14-10-3-6-12(15)13(7-10)19(17,18)16(11-4-5-11)8-9-1-2-9/h3,6-7,9,11H,1-2,4-5,8,15H2. The molecule has 0 radical (unpaired) electrons. The number of hydrogen-bond acceptors (Lipinski definition) is 3. The summed E-state index contributed by atoms with van der Waals surface area (Å²) in [5.74, 6) is 0.524. The number of anilines is 1. The number of hydrogen-bond donors (Lipinski definition) is 1. The predicted molar refractivity (Wildman–Crippen MR) is 75.5 cm³/mol. The molecule has 2 N–H and O–H groups in total. The number of halogens is 1. The summed E-state index contributed by atoms with van der Waals surface area (Å²) < 4.78 is 27.1. The van der Waals surface area contributed by atoms with Gasteiger partial charge in [-0.3, -0.25) is 0 Å². The zero-order valence-electron chi connectivity index (χ0n) is 10.5. The van der Waals surface area contributed by atoms with Crippen molar-refractivity contribution in [2.24, 2.45) is 5.92 Å². The van der Waals surface area contributed by atoms with Crippen LogP contribution < -0.4 is 5.73 Å². The molecule has 4 nitrogen and oxygen atoms in total. The van der Waals surface area contributed by atoms with E-state index in [2.05, 4.69) is 0 Å². The van der Waals surface area contributed by atoms with Crippen molar-refractivity contribution in [1.82, 2.24) is 4.31 Å². The minimum absolute atomic E-state index is 0.146. The van der Waals surface area contributed by atoms with Crippen LogP contribution in [0.1, 0.15) is 25.7 Å². The van der Waals surface area contributed by atoms with Crippen molar-refractivity contribution >= 4 is 27.3 Å². The molecule has 2 aliphatic rings. The van der Waals surface area contributed by atoms with Gasteiger partial charge in [-0.2, -0.15) is 4.31 Å². The number of nitrogens with zero attached hydrogens (tertiary/aromatic N) is 1. The SMILES string of the molecule is Nc1ccc(Cl)cc1S(=O)(=O)N(CC1CC1)C1CC1. The van der Waals surface area contributed by atoms with Gasteiger partial charge < -0.3 is 5.73 Å². The zero-order valence-corrected chi connectivity index (χ0v) is 12.1. The van der Waals surface area contributed by atoms with Crippen molar-refractivity contribution < 1.29 is 8.42 Å². The van der Waals surface area contributed by atoms with Gasteiger partial charge in [0.2, 0.25) is 10.0 Å². The van der Waals surface area contributed by atoms with Crippen molar-refractivity contribution in [3.05, 3.63) is 23.2 Å². The first-order valence-corrected chi connectivity index (χ1v) is 8.37. The summed E-state index contributed by atoms with van der Waals surface area (Å²) in [5.41, 5.74) is 6.09. The van der Waals surface area contributed by atoms with Crippen LogP contribution in [0.5, 0.6) is 0 Å². The molecular weight excluding hydrogens is 284 g/mol. The maximum Gasteiger partial charge on any atom is 0.245 e. The maximum absolute atomic E-state index is 12.7. The van der Waals surface area contributed by atoms with E-state index in [9.17, 15) is 8.42 Å². The molecule has 0 atom stereocenters. The molecule has 104 valence electrons. The Morgan fingerprint density at radius 3 is 2.53 bits per heavy atom. The van der Waals surface area contributed by atoms with Crippen LogP contribution in [0.15, 0.2) is 23.1 Å². The molecule has 1 aromatic rings. The molecule has 2 saturated carbocycles. The van der Waals surface area contributed by atoms with E-state index in [1.54, 1.807) is 16.4 Å². The minimum atomic E-state index is -3.52. The van der Waals surface area contributed by atoms with E-state index in [4.69, 9.17) is 17.3 Å². The monoisotopic (exact) mass is 300 g/mol. The average molecular weight is 301 g/mol. The molecule has 0 unspecified atom stereocenters. The first kappa shape index (κ1) is 13.2. The topological polar surface area (TPSA) is 63.4 Å². The number of nitrogen functional groups attached to an aromatic ring is 1. The molecule has 0 aliphatic heterocycles. The Morgan fingerprint density at radius 1 is 1.26 bits per heavy atom. The first-order chi connectivity index (χ1) is 8.98. The van der Waals surface area contributed by atoms with Crippen LogP contribution in [0.25, 0.3) is 0 Å².